The highest BCUT2D eigenvalue weighted by Gasteiger charge is 2.25. The third-order valence-electron chi connectivity index (χ3n) is 4.69. The molecule has 0 fully saturated rings. The first-order valence-electron chi connectivity index (χ1n) is 7.54. The molecule has 0 bridgehead atoms. The Morgan fingerprint density at radius 3 is 2.60 bits per heavy atom. The maximum absolute atomic E-state index is 6.60. The molecule has 104 valence electrons. The van der Waals surface area contributed by atoms with Crippen LogP contribution in [0.2, 0.25) is 0 Å². The van der Waals surface area contributed by atoms with Gasteiger partial charge in [-0.25, -0.2) is 0 Å². The van der Waals surface area contributed by atoms with Crippen molar-refractivity contribution in [1.82, 2.24) is 0 Å². The van der Waals surface area contributed by atoms with E-state index in [2.05, 4.69) is 56.3 Å². The normalized spacial score (nSPS) is 19.4. The van der Waals surface area contributed by atoms with Gasteiger partial charge in [-0.1, -0.05) is 48.0 Å². The molecule has 0 aromatic heterocycles. The molecular weight excluding hydrogens is 242 g/mol. The van der Waals surface area contributed by atoms with E-state index in [4.69, 9.17) is 5.73 Å². The summed E-state index contributed by atoms with van der Waals surface area (Å²) in [6.45, 7) is 4.32. The van der Waals surface area contributed by atoms with E-state index < -0.39 is 0 Å². The summed E-state index contributed by atoms with van der Waals surface area (Å²) in [6.07, 6.45) is 3.48. The summed E-state index contributed by atoms with van der Waals surface area (Å²) in [5.41, 5.74) is 13.6. The fourth-order valence-electron chi connectivity index (χ4n) is 3.41. The Labute approximate surface area is 121 Å². The zero-order valence-corrected chi connectivity index (χ0v) is 12.4. The molecule has 2 aromatic rings. The Balaban J connectivity index is 1.85. The molecule has 0 aliphatic heterocycles. The number of hydrogen-bond donors (Lipinski definition) is 1. The third-order valence-corrected chi connectivity index (χ3v) is 4.69. The van der Waals surface area contributed by atoms with Crippen molar-refractivity contribution < 1.29 is 0 Å². The number of nitrogens with two attached hydrogens (primary N) is 1. The number of benzene rings is 2. The highest BCUT2D eigenvalue weighted by atomic mass is 14.7. The van der Waals surface area contributed by atoms with Crippen molar-refractivity contribution in [1.29, 1.82) is 0 Å². The van der Waals surface area contributed by atoms with Gasteiger partial charge in [0.1, 0.15) is 0 Å². The lowest BCUT2D eigenvalue weighted by Crippen LogP contribution is -2.27. The topological polar surface area (TPSA) is 26.0 Å². The summed E-state index contributed by atoms with van der Waals surface area (Å²) >= 11 is 0. The van der Waals surface area contributed by atoms with E-state index in [9.17, 15) is 0 Å². The molecule has 0 amide bonds. The second kappa shape index (κ2) is 5.41. The SMILES string of the molecule is Cc1ccc(C)c(C(N)C2CCc3ccccc3C2)c1. The molecule has 20 heavy (non-hydrogen) atoms. The van der Waals surface area contributed by atoms with Crippen molar-refractivity contribution in [3.8, 4) is 0 Å². The van der Waals surface area contributed by atoms with Gasteiger partial charge in [0, 0.05) is 6.04 Å². The molecule has 0 spiro atoms. The van der Waals surface area contributed by atoms with Gasteiger partial charge in [-0.15, -0.1) is 0 Å². The van der Waals surface area contributed by atoms with Gasteiger partial charge in [-0.05, 0) is 61.3 Å². The van der Waals surface area contributed by atoms with Crippen LogP contribution >= 0.6 is 0 Å². The zero-order chi connectivity index (χ0) is 14.1. The highest BCUT2D eigenvalue weighted by molar-refractivity contribution is 5.35. The number of hydrogen-bond acceptors (Lipinski definition) is 1. The van der Waals surface area contributed by atoms with Crippen LogP contribution in [-0.4, -0.2) is 0 Å². The van der Waals surface area contributed by atoms with E-state index in [1.807, 2.05) is 0 Å². The van der Waals surface area contributed by atoms with Gasteiger partial charge in [-0.2, -0.15) is 0 Å². The Hall–Kier alpha value is -1.60. The van der Waals surface area contributed by atoms with Crippen molar-refractivity contribution in [3.63, 3.8) is 0 Å². The molecule has 2 atom stereocenters. The Kier molecular flexibility index (Phi) is 3.62. The standard InChI is InChI=1S/C19H23N/c1-13-7-8-14(2)18(11-13)19(20)17-10-9-15-5-3-4-6-16(15)12-17/h3-8,11,17,19H,9-10,12,20H2,1-2H3. The van der Waals surface area contributed by atoms with E-state index in [1.165, 1.54) is 40.7 Å². The first kappa shape index (κ1) is 13.4. The molecule has 1 heteroatoms. The van der Waals surface area contributed by atoms with Gasteiger partial charge in [-0.3, -0.25) is 0 Å². The molecular formula is C19H23N. The summed E-state index contributed by atoms with van der Waals surface area (Å²) in [6, 6.07) is 15.6. The number of fused-ring (bicyclic) bond motifs is 1. The zero-order valence-electron chi connectivity index (χ0n) is 12.4. The average molecular weight is 265 g/mol. The van der Waals surface area contributed by atoms with Gasteiger partial charge in [0.05, 0.1) is 0 Å². The van der Waals surface area contributed by atoms with E-state index >= 15 is 0 Å². The summed E-state index contributed by atoms with van der Waals surface area (Å²) in [7, 11) is 0. The van der Waals surface area contributed by atoms with Crippen molar-refractivity contribution in [2.45, 2.75) is 39.2 Å². The molecule has 0 saturated carbocycles. The van der Waals surface area contributed by atoms with E-state index in [0.29, 0.717) is 5.92 Å². The quantitative estimate of drug-likeness (QED) is 0.869. The first-order valence-corrected chi connectivity index (χ1v) is 7.54. The van der Waals surface area contributed by atoms with Crippen molar-refractivity contribution in [2.75, 3.05) is 0 Å². The molecule has 0 saturated heterocycles. The third kappa shape index (κ3) is 2.51. The average Bonchev–Trinajstić information content (AvgIpc) is 2.48. The lowest BCUT2D eigenvalue weighted by atomic mass is 9.77. The van der Waals surface area contributed by atoms with Gasteiger partial charge >= 0.3 is 0 Å². The minimum Gasteiger partial charge on any atom is -0.324 e. The summed E-state index contributed by atoms with van der Waals surface area (Å²) < 4.78 is 0. The van der Waals surface area contributed by atoms with Crippen LogP contribution in [0.25, 0.3) is 0 Å². The van der Waals surface area contributed by atoms with Crippen LogP contribution < -0.4 is 5.73 Å². The first-order chi connectivity index (χ1) is 9.65. The van der Waals surface area contributed by atoms with Crippen LogP contribution in [0.3, 0.4) is 0 Å². The van der Waals surface area contributed by atoms with E-state index in [1.54, 1.807) is 0 Å². The smallest absolute Gasteiger partial charge is 0.0329 e. The molecule has 1 aliphatic rings. The summed E-state index contributed by atoms with van der Waals surface area (Å²) in [5, 5.41) is 0. The van der Waals surface area contributed by atoms with Crippen LogP contribution in [0, 0.1) is 19.8 Å². The molecule has 2 aromatic carbocycles. The van der Waals surface area contributed by atoms with Crippen LogP contribution in [-0.2, 0) is 12.8 Å². The van der Waals surface area contributed by atoms with Gasteiger partial charge in [0.25, 0.3) is 0 Å². The van der Waals surface area contributed by atoms with Crippen molar-refractivity contribution >= 4 is 0 Å². The predicted molar refractivity (Wildman–Crippen MR) is 84.8 cm³/mol. The fourth-order valence-corrected chi connectivity index (χ4v) is 3.41. The maximum Gasteiger partial charge on any atom is 0.0329 e. The molecule has 0 radical (unpaired) electrons. The van der Waals surface area contributed by atoms with Gasteiger partial charge in [0.15, 0.2) is 0 Å². The lowest BCUT2D eigenvalue weighted by molar-refractivity contribution is 0.381. The molecule has 1 aliphatic carbocycles. The van der Waals surface area contributed by atoms with Gasteiger partial charge < -0.3 is 5.73 Å². The number of rotatable bonds is 2. The monoisotopic (exact) mass is 265 g/mol. The molecule has 3 rings (SSSR count). The Morgan fingerprint density at radius 2 is 1.80 bits per heavy atom. The maximum atomic E-state index is 6.60. The largest absolute Gasteiger partial charge is 0.324 e. The highest BCUT2D eigenvalue weighted by Crippen LogP contribution is 2.34. The Bertz CT molecular complexity index is 615. The van der Waals surface area contributed by atoms with Crippen LogP contribution in [0.5, 0.6) is 0 Å². The van der Waals surface area contributed by atoms with Crippen molar-refractivity contribution in [2.24, 2.45) is 11.7 Å². The van der Waals surface area contributed by atoms with Gasteiger partial charge in [0.2, 0.25) is 0 Å². The fraction of sp³-hybridized carbons (Fsp3) is 0.368. The lowest BCUT2D eigenvalue weighted by Gasteiger charge is -2.30. The van der Waals surface area contributed by atoms with E-state index in [0.717, 1.165) is 6.42 Å². The minimum atomic E-state index is 0.156. The number of aryl methyl sites for hydroxylation is 3. The molecule has 1 nitrogen and oxygen atoms in total. The molecule has 0 heterocycles. The van der Waals surface area contributed by atoms with Crippen LogP contribution in [0.4, 0.5) is 0 Å². The summed E-state index contributed by atoms with van der Waals surface area (Å²) in [5.74, 6) is 0.561. The predicted octanol–water partition coefficient (Wildman–Crippen LogP) is 4.11. The Morgan fingerprint density at radius 1 is 1.05 bits per heavy atom. The van der Waals surface area contributed by atoms with Crippen LogP contribution in [0.1, 0.15) is 40.3 Å². The minimum absolute atomic E-state index is 0.156. The second-order valence-electron chi connectivity index (χ2n) is 6.16. The molecule has 2 N–H and O–H groups in total. The van der Waals surface area contributed by atoms with Crippen LogP contribution in [0.15, 0.2) is 42.5 Å². The molecule has 2 unspecified atom stereocenters. The summed E-state index contributed by atoms with van der Waals surface area (Å²) in [4.78, 5) is 0. The van der Waals surface area contributed by atoms with E-state index in [-0.39, 0.29) is 6.04 Å². The van der Waals surface area contributed by atoms with Crippen molar-refractivity contribution in [3.05, 3.63) is 70.3 Å². The second-order valence-corrected chi connectivity index (χ2v) is 6.16.